The highest BCUT2D eigenvalue weighted by Crippen LogP contribution is 2.30. The number of carbonyl (C=O) groups excluding carboxylic acids is 2. The largest absolute Gasteiger partial charge is 0.416 e. The van der Waals surface area contributed by atoms with E-state index in [0.29, 0.717) is 26.2 Å². The fraction of sp³-hybridized carbons (Fsp3) is 0.278. The van der Waals surface area contributed by atoms with Crippen molar-refractivity contribution in [1.82, 2.24) is 9.88 Å². The number of alkyl halides is 3. The Morgan fingerprint density at radius 3 is 2.37 bits per heavy atom. The first kappa shape index (κ1) is 18.7. The summed E-state index contributed by atoms with van der Waals surface area (Å²) in [6.45, 7) is 1.68. The van der Waals surface area contributed by atoms with Gasteiger partial charge in [-0.05, 0) is 30.3 Å². The summed E-state index contributed by atoms with van der Waals surface area (Å²) in [5.74, 6) is -0.938. The topological polar surface area (TPSA) is 65.5 Å². The molecule has 1 N–H and O–H groups in total. The number of hydrogen-bond donors (Lipinski definition) is 1. The van der Waals surface area contributed by atoms with Crippen LogP contribution in [0.4, 0.5) is 24.7 Å². The van der Waals surface area contributed by atoms with Gasteiger partial charge < -0.3 is 15.1 Å². The van der Waals surface area contributed by atoms with Gasteiger partial charge in [0, 0.05) is 38.1 Å². The van der Waals surface area contributed by atoms with E-state index in [0.717, 1.165) is 18.0 Å². The summed E-state index contributed by atoms with van der Waals surface area (Å²) in [5.41, 5.74) is -0.966. The Morgan fingerprint density at radius 2 is 1.74 bits per heavy atom. The number of benzene rings is 1. The van der Waals surface area contributed by atoms with E-state index in [9.17, 15) is 22.8 Å². The van der Waals surface area contributed by atoms with E-state index >= 15 is 0 Å². The van der Waals surface area contributed by atoms with E-state index in [4.69, 9.17) is 0 Å². The predicted molar refractivity (Wildman–Crippen MR) is 93.1 cm³/mol. The van der Waals surface area contributed by atoms with Crippen LogP contribution in [0.1, 0.15) is 5.56 Å². The van der Waals surface area contributed by atoms with Crippen LogP contribution in [0.25, 0.3) is 0 Å². The Morgan fingerprint density at radius 1 is 1.00 bits per heavy atom. The van der Waals surface area contributed by atoms with Crippen molar-refractivity contribution in [2.75, 3.05) is 36.4 Å². The van der Waals surface area contributed by atoms with Crippen LogP contribution in [0, 0.1) is 0 Å². The third kappa shape index (κ3) is 4.55. The van der Waals surface area contributed by atoms with Gasteiger partial charge in [-0.3, -0.25) is 9.59 Å². The van der Waals surface area contributed by atoms with Gasteiger partial charge in [0.05, 0.1) is 5.56 Å². The first-order valence-corrected chi connectivity index (χ1v) is 8.28. The third-order valence-corrected chi connectivity index (χ3v) is 4.18. The van der Waals surface area contributed by atoms with Crippen LogP contribution >= 0.6 is 0 Å². The Balaban J connectivity index is 1.58. The number of carbonyl (C=O) groups is 2. The molecule has 0 atom stereocenters. The standard InChI is InChI=1S/C18H17F3N4O2/c19-18(20,21)13-4-3-5-14(12-13)23-16(26)17(27)25-10-8-24(9-11-25)15-6-1-2-7-22-15/h1-7,12H,8-11H2,(H,23,26). The predicted octanol–water partition coefficient (Wildman–Crippen LogP) is 2.39. The van der Waals surface area contributed by atoms with Gasteiger partial charge in [0.25, 0.3) is 0 Å². The van der Waals surface area contributed by atoms with Crippen LogP contribution in [-0.2, 0) is 15.8 Å². The number of nitrogens with one attached hydrogen (secondary N) is 1. The number of anilines is 2. The zero-order chi connectivity index (χ0) is 19.4. The molecule has 1 aromatic heterocycles. The van der Waals surface area contributed by atoms with Crippen molar-refractivity contribution in [2.24, 2.45) is 0 Å². The zero-order valence-corrected chi connectivity index (χ0v) is 14.2. The molecule has 1 fully saturated rings. The zero-order valence-electron chi connectivity index (χ0n) is 14.2. The van der Waals surface area contributed by atoms with Crippen LogP contribution in [0.5, 0.6) is 0 Å². The van der Waals surface area contributed by atoms with E-state index in [2.05, 4.69) is 10.3 Å². The average Bonchev–Trinajstić information content (AvgIpc) is 2.68. The normalized spacial score (nSPS) is 14.8. The van der Waals surface area contributed by atoms with E-state index in [1.807, 2.05) is 17.0 Å². The molecule has 0 saturated carbocycles. The summed E-state index contributed by atoms with van der Waals surface area (Å²) in [5, 5.41) is 2.24. The number of nitrogens with zero attached hydrogens (tertiary/aromatic N) is 3. The van der Waals surface area contributed by atoms with Crippen molar-refractivity contribution in [3.8, 4) is 0 Å². The van der Waals surface area contributed by atoms with Gasteiger partial charge in [-0.2, -0.15) is 13.2 Å². The molecule has 2 amide bonds. The van der Waals surface area contributed by atoms with E-state index < -0.39 is 23.6 Å². The molecule has 0 unspecified atom stereocenters. The highest BCUT2D eigenvalue weighted by atomic mass is 19.4. The molecule has 0 aliphatic carbocycles. The minimum absolute atomic E-state index is 0.0738. The summed E-state index contributed by atoms with van der Waals surface area (Å²) in [6.07, 6.45) is -2.85. The summed E-state index contributed by atoms with van der Waals surface area (Å²) in [6, 6.07) is 9.70. The van der Waals surface area contributed by atoms with E-state index in [-0.39, 0.29) is 5.69 Å². The van der Waals surface area contributed by atoms with Gasteiger partial charge in [-0.15, -0.1) is 0 Å². The first-order chi connectivity index (χ1) is 12.8. The lowest BCUT2D eigenvalue weighted by Gasteiger charge is -2.35. The summed E-state index contributed by atoms with van der Waals surface area (Å²) >= 11 is 0. The second-order valence-electron chi connectivity index (χ2n) is 6.00. The Labute approximate surface area is 153 Å². The fourth-order valence-electron chi connectivity index (χ4n) is 2.78. The molecule has 3 rings (SSSR count). The van der Waals surface area contributed by atoms with Crippen molar-refractivity contribution >= 4 is 23.3 Å². The molecular formula is C18H17F3N4O2. The molecule has 6 nitrogen and oxygen atoms in total. The Bertz CT molecular complexity index is 819. The summed E-state index contributed by atoms with van der Waals surface area (Å²) < 4.78 is 38.2. The molecule has 1 saturated heterocycles. The van der Waals surface area contributed by atoms with E-state index in [1.54, 1.807) is 12.3 Å². The van der Waals surface area contributed by atoms with Gasteiger partial charge in [0.1, 0.15) is 5.82 Å². The fourth-order valence-corrected chi connectivity index (χ4v) is 2.78. The maximum absolute atomic E-state index is 12.7. The smallest absolute Gasteiger partial charge is 0.353 e. The highest BCUT2D eigenvalue weighted by molar-refractivity contribution is 6.39. The van der Waals surface area contributed by atoms with Gasteiger partial charge in [-0.1, -0.05) is 12.1 Å². The number of aromatic nitrogens is 1. The van der Waals surface area contributed by atoms with Crippen LogP contribution in [-0.4, -0.2) is 47.9 Å². The molecule has 1 aliphatic heterocycles. The highest BCUT2D eigenvalue weighted by Gasteiger charge is 2.31. The summed E-state index contributed by atoms with van der Waals surface area (Å²) in [4.78, 5) is 32.0. The van der Waals surface area contributed by atoms with Gasteiger partial charge in [-0.25, -0.2) is 4.98 Å². The van der Waals surface area contributed by atoms with Crippen molar-refractivity contribution in [3.05, 3.63) is 54.2 Å². The monoisotopic (exact) mass is 378 g/mol. The first-order valence-electron chi connectivity index (χ1n) is 8.28. The maximum Gasteiger partial charge on any atom is 0.416 e. The molecular weight excluding hydrogens is 361 g/mol. The van der Waals surface area contributed by atoms with Crippen LogP contribution in [0.3, 0.4) is 0 Å². The molecule has 2 heterocycles. The van der Waals surface area contributed by atoms with Gasteiger partial charge in [0.2, 0.25) is 0 Å². The van der Waals surface area contributed by atoms with Crippen LogP contribution in [0.2, 0.25) is 0 Å². The molecule has 142 valence electrons. The molecule has 2 aromatic rings. The van der Waals surface area contributed by atoms with Crippen molar-refractivity contribution in [2.45, 2.75) is 6.18 Å². The molecule has 1 aromatic carbocycles. The SMILES string of the molecule is O=C(Nc1cccc(C(F)(F)F)c1)C(=O)N1CCN(c2ccccn2)CC1. The second-order valence-corrected chi connectivity index (χ2v) is 6.00. The number of amides is 2. The van der Waals surface area contributed by atoms with Crippen LogP contribution in [0.15, 0.2) is 48.7 Å². The van der Waals surface area contributed by atoms with Crippen molar-refractivity contribution < 1.29 is 22.8 Å². The molecule has 0 spiro atoms. The average molecular weight is 378 g/mol. The Kier molecular flexibility index (Phi) is 5.29. The number of rotatable bonds is 2. The number of pyridine rings is 1. The Hall–Kier alpha value is -3.10. The lowest BCUT2D eigenvalue weighted by molar-refractivity contribution is -0.143. The number of hydrogen-bond acceptors (Lipinski definition) is 4. The van der Waals surface area contributed by atoms with E-state index in [1.165, 1.54) is 17.0 Å². The second kappa shape index (κ2) is 7.65. The minimum Gasteiger partial charge on any atom is -0.353 e. The third-order valence-electron chi connectivity index (χ3n) is 4.18. The van der Waals surface area contributed by atoms with Gasteiger partial charge >= 0.3 is 18.0 Å². The molecule has 0 bridgehead atoms. The molecule has 9 heteroatoms. The molecule has 1 aliphatic rings. The summed E-state index contributed by atoms with van der Waals surface area (Å²) in [7, 11) is 0. The molecule has 0 radical (unpaired) electrons. The maximum atomic E-state index is 12.7. The van der Waals surface area contributed by atoms with Crippen LogP contribution < -0.4 is 10.2 Å². The van der Waals surface area contributed by atoms with Gasteiger partial charge in [0.15, 0.2) is 0 Å². The van der Waals surface area contributed by atoms with Crippen molar-refractivity contribution in [3.63, 3.8) is 0 Å². The quantitative estimate of drug-likeness (QED) is 0.815. The number of halogens is 3. The minimum atomic E-state index is -4.52. The lowest BCUT2D eigenvalue weighted by Crippen LogP contribution is -2.51. The molecule has 27 heavy (non-hydrogen) atoms. The van der Waals surface area contributed by atoms with Crippen molar-refractivity contribution in [1.29, 1.82) is 0 Å². The number of piperazine rings is 1. The lowest BCUT2D eigenvalue weighted by atomic mass is 10.2.